The maximum absolute atomic E-state index is 11.5. The van der Waals surface area contributed by atoms with Crippen molar-refractivity contribution in [2.45, 2.75) is 25.0 Å². The van der Waals surface area contributed by atoms with Crippen LogP contribution in [0.15, 0.2) is 12.4 Å². The second-order valence-electron chi connectivity index (χ2n) is 4.13. The van der Waals surface area contributed by atoms with Gasteiger partial charge in [0.05, 0.1) is 24.4 Å². The molecule has 0 fully saturated rings. The van der Waals surface area contributed by atoms with Crippen LogP contribution in [-0.2, 0) is 10.3 Å². The number of rotatable bonds is 1. The lowest BCUT2D eigenvalue weighted by Crippen LogP contribution is -2.17. The lowest BCUT2D eigenvalue weighted by Gasteiger charge is -2.16. The molecule has 1 heterocycles. The highest BCUT2D eigenvalue weighted by atomic mass is 16.5. The molecule has 0 aromatic carbocycles. The van der Waals surface area contributed by atoms with Crippen molar-refractivity contribution in [3.8, 4) is 0 Å². The fourth-order valence-corrected chi connectivity index (χ4v) is 2.12. The Bertz CT molecular complexity index is 442. The molecule has 5 heteroatoms. The SMILES string of the molecule is COC(=O)c1cncc2c1[C@H](O)C[C@]2(C)O. The fraction of sp³-hybridized carbons (Fsp3) is 0.455. The van der Waals surface area contributed by atoms with Crippen LogP contribution in [0.2, 0.25) is 0 Å². The number of esters is 1. The van der Waals surface area contributed by atoms with E-state index in [1.807, 2.05) is 0 Å². The van der Waals surface area contributed by atoms with Gasteiger partial charge in [0.15, 0.2) is 0 Å². The van der Waals surface area contributed by atoms with Crippen molar-refractivity contribution in [1.82, 2.24) is 4.98 Å². The van der Waals surface area contributed by atoms with E-state index in [2.05, 4.69) is 9.72 Å². The first-order chi connectivity index (χ1) is 7.47. The summed E-state index contributed by atoms with van der Waals surface area (Å²) in [6.07, 6.45) is 2.12. The second kappa shape index (κ2) is 3.54. The number of pyridine rings is 1. The van der Waals surface area contributed by atoms with Gasteiger partial charge < -0.3 is 14.9 Å². The quantitative estimate of drug-likeness (QED) is 0.678. The molecule has 0 bridgehead atoms. The molecule has 16 heavy (non-hydrogen) atoms. The summed E-state index contributed by atoms with van der Waals surface area (Å²) in [5.74, 6) is -0.555. The smallest absolute Gasteiger partial charge is 0.339 e. The number of hydrogen-bond acceptors (Lipinski definition) is 5. The van der Waals surface area contributed by atoms with Crippen LogP contribution in [0.1, 0.15) is 40.9 Å². The number of ether oxygens (including phenoxy) is 1. The summed E-state index contributed by atoms with van der Waals surface area (Å²) in [5, 5.41) is 19.9. The van der Waals surface area contributed by atoms with Crippen LogP contribution < -0.4 is 0 Å². The molecule has 0 aliphatic heterocycles. The molecule has 2 rings (SSSR count). The third-order valence-corrected chi connectivity index (χ3v) is 2.90. The molecule has 0 saturated heterocycles. The van der Waals surface area contributed by atoms with E-state index >= 15 is 0 Å². The second-order valence-corrected chi connectivity index (χ2v) is 4.13. The van der Waals surface area contributed by atoms with Crippen LogP contribution in [0.5, 0.6) is 0 Å². The Morgan fingerprint density at radius 2 is 2.31 bits per heavy atom. The molecule has 0 saturated carbocycles. The average Bonchev–Trinajstić information content (AvgIpc) is 2.48. The van der Waals surface area contributed by atoms with Crippen molar-refractivity contribution >= 4 is 5.97 Å². The number of fused-ring (bicyclic) bond motifs is 1. The first-order valence-corrected chi connectivity index (χ1v) is 4.94. The van der Waals surface area contributed by atoms with E-state index in [-0.39, 0.29) is 12.0 Å². The van der Waals surface area contributed by atoms with Crippen LogP contribution in [0.4, 0.5) is 0 Å². The number of carbonyl (C=O) groups is 1. The zero-order valence-corrected chi connectivity index (χ0v) is 9.10. The molecule has 2 atom stereocenters. The van der Waals surface area contributed by atoms with Crippen LogP contribution >= 0.6 is 0 Å². The number of nitrogens with zero attached hydrogens (tertiary/aromatic N) is 1. The van der Waals surface area contributed by atoms with Gasteiger partial charge in [0.2, 0.25) is 0 Å². The third kappa shape index (κ3) is 1.48. The van der Waals surface area contributed by atoms with E-state index in [1.54, 1.807) is 6.92 Å². The van der Waals surface area contributed by atoms with Crippen molar-refractivity contribution in [2.75, 3.05) is 7.11 Å². The standard InChI is InChI=1S/C11H13NO4/c1-11(15)3-8(13)9-6(10(14)16-2)4-12-5-7(9)11/h4-5,8,13,15H,3H2,1-2H3/t8-,11+/m1/s1. The summed E-state index contributed by atoms with van der Waals surface area (Å²) in [5.41, 5.74) is -0.0220. The van der Waals surface area contributed by atoms with Crippen molar-refractivity contribution in [1.29, 1.82) is 0 Å². The summed E-state index contributed by atoms with van der Waals surface area (Å²) in [6, 6.07) is 0. The zero-order chi connectivity index (χ0) is 11.9. The molecule has 86 valence electrons. The Labute approximate surface area is 92.7 Å². The highest BCUT2D eigenvalue weighted by Crippen LogP contribution is 2.43. The average molecular weight is 223 g/mol. The summed E-state index contributed by atoms with van der Waals surface area (Å²) in [6.45, 7) is 1.59. The lowest BCUT2D eigenvalue weighted by atomic mass is 9.99. The van der Waals surface area contributed by atoms with E-state index in [4.69, 9.17) is 0 Å². The number of aromatic nitrogens is 1. The van der Waals surface area contributed by atoms with E-state index in [9.17, 15) is 15.0 Å². The molecule has 5 nitrogen and oxygen atoms in total. The zero-order valence-electron chi connectivity index (χ0n) is 9.10. The summed E-state index contributed by atoms with van der Waals surface area (Å²) in [4.78, 5) is 15.4. The van der Waals surface area contributed by atoms with E-state index in [0.29, 0.717) is 11.1 Å². The van der Waals surface area contributed by atoms with Crippen molar-refractivity contribution < 1.29 is 19.7 Å². The minimum atomic E-state index is -1.15. The Morgan fingerprint density at radius 1 is 1.62 bits per heavy atom. The summed E-state index contributed by atoms with van der Waals surface area (Å²) < 4.78 is 4.61. The molecule has 1 aliphatic rings. The van der Waals surface area contributed by atoms with Gasteiger partial charge in [-0.3, -0.25) is 4.98 Å². The molecular weight excluding hydrogens is 210 g/mol. The van der Waals surface area contributed by atoms with Gasteiger partial charge in [-0.2, -0.15) is 0 Å². The molecule has 0 spiro atoms. The summed E-state index contributed by atoms with van der Waals surface area (Å²) >= 11 is 0. The van der Waals surface area contributed by atoms with E-state index in [1.165, 1.54) is 19.5 Å². The Morgan fingerprint density at radius 3 is 2.94 bits per heavy atom. The topological polar surface area (TPSA) is 79.7 Å². The van der Waals surface area contributed by atoms with Gasteiger partial charge in [0, 0.05) is 29.9 Å². The Hall–Kier alpha value is -1.46. The molecular formula is C11H13NO4. The molecule has 1 aliphatic carbocycles. The molecule has 0 unspecified atom stereocenters. The minimum Gasteiger partial charge on any atom is -0.465 e. The molecule has 2 N–H and O–H groups in total. The number of aliphatic hydroxyl groups is 2. The van der Waals surface area contributed by atoms with Crippen LogP contribution in [-0.4, -0.2) is 28.3 Å². The van der Waals surface area contributed by atoms with Gasteiger partial charge in [0.1, 0.15) is 0 Å². The number of methoxy groups -OCH3 is 1. The molecule has 0 amide bonds. The normalized spacial score (nSPS) is 27.6. The van der Waals surface area contributed by atoms with Gasteiger partial charge in [0.25, 0.3) is 0 Å². The third-order valence-electron chi connectivity index (χ3n) is 2.90. The monoisotopic (exact) mass is 223 g/mol. The summed E-state index contributed by atoms with van der Waals surface area (Å²) in [7, 11) is 1.27. The maximum Gasteiger partial charge on any atom is 0.339 e. The lowest BCUT2D eigenvalue weighted by molar-refractivity contribution is 0.0224. The largest absolute Gasteiger partial charge is 0.465 e. The highest BCUT2D eigenvalue weighted by Gasteiger charge is 2.41. The van der Waals surface area contributed by atoms with Crippen molar-refractivity contribution in [3.05, 3.63) is 29.1 Å². The van der Waals surface area contributed by atoms with Gasteiger partial charge in [-0.25, -0.2) is 4.79 Å². The number of aliphatic hydroxyl groups excluding tert-OH is 1. The van der Waals surface area contributed by atoms with Gasteiger partial charge in [-0.05, 0) is 6.92 Å². The van der Waals surface area contributed by atoms with Gasteiger partial charge in [-0.1, -0.05) is 0 Å². The van der Waals surface area contributed by atoms with Gasteiger partial charge >= 0.3 is 5.97 Å². The minimum absolute atomic E-state index is 0.165. The van der Waals surface area contributed by atoms with E-state index in [0.717, 1.165) is 0 Å². The first kappa shape index (κ1) is 11.0. The molecule has 1 aromatic rings. The van der Waals surface area contributed by atoms with Gasteiger partial charge in [-0.15, -0.1) is 0 Å². The van der Waals surface area contributed by atoms with Crippen molar-refractivity contribution in [3.63, 3.8) is 0 Å². The Balaban J connectivity index is 2.61. The number of hydrogen-bond donors (Lipinski definition) is 2. The van der Waals surface area contributed by atoms with Crippen LogP contribution in [0, 0.1) is 0 Å². The first-order valence-electron chi connectivity index (χ1n) is 4.94. The van der Waals surface area contributed by atoms with Crippen LogP contribution in [0.25, 0.3) is 0 Å². The fourth-order valence-electron chi connectivity index (χ4n) is 2.12. The van der Waals surface area contributed by atoms with Crippen LogP contribution in [0.3, 0.4) is 0 Å². The maximum atomic E-state index is 11.5. The number of carbonyl (C=O) groups excluding carboxylic acids is 1. The molecule has 1 aromatic heterocycles. The predicted molar refractivity (Wildman–Crippen MR) is 54.7 cm³/mol. The van der Waals surface area contributed by atoms with Crippen molar-refractivity contribution in [2.24, 2.45) is 0 Å². The van der Waals surface area contributed by atoms with E-state index < -0.39 is 17.7 Å². The predicted octanol–water partition coefficient (Wildman–Crippen LogP) is 0.513. The Kier molecular flexibility index (Phi) is 2.44. The highest BCUT2D eigenvalue weighted by molar-refractivity contribution is 5.91. The molecule has 0 radical (unpaired) electrons.